The average Bonchev–Trinajstić information content (AvgIpc) is 3.61. The van der Waals surface area contributed by atoms with Crippen molar-refractivity contribution in [1.82, 2.24) is 0 Å². The molecule has 0 aliphatic carbocycles. The second-order valence-electron chi connectivity index (χ2n) is 18.1. The molecule has 1 unspecified atom stereocenters. The maximum Gasteiger partial charge on any atom is 0.324 e. The van der Waals surface area contributed by atoms with E-state index in [-0.39, 0.29) is 0 Å². The summed E-state index contributed by atoms with van der Waals surface area (Å²) in [5.74, 6) is 1.58. The number of aliphatic imine (C=N–C) groups is 1. The Balaban J connectivity index is 2.35. The highest BCUT2D eigenvalue weighted by Crippen LogP contribution is 2.27. The lowest BCUT2D eigenvalue weighted by molar-refractivity contribution is -0.708. The number of rotatable bonds is 45. The first-order valence-electron chi connectivity index (χ1n) is 25.9. The number of carbonyl (C=O) groups is 1. The zero-order valence-corrected chi connectivity index (χ0v) is 38.3. The van der Waals surface area contributed by atoms with E-state index in [9.17, 15) is 4.79 Å². The van der Waals surface area contributed by atoms with Gasteiger partial charge in [-0.05, 0) is 25.7 Å². The van der Waals surface area contributed by atoms with E-state index in [2.05, 4.69) is 27.0 Å². The van der Waals surface area contributed by atoms with Crippen LogP contribution in [-0.4, -0.2) is 22.8 Å². The minimum Gasteiger partial charge on any atom is -0.230 e. The van der Waals surface area contributed by atoms with Gasteiger partial charge in [-0.1, -0.05) is 265 Å². The van der Waals surface area contributed by atoms with Gasteiger partial charge in [0.15, 0.2) is 0 Å². The summed E-state index contributed by atoms with van der Waals surface area (Å²) in [6.45, 7) is 7.84. The van der Waals surface area contributed by atoms with Crippen molar-refractivity contribution in [2.24, 2.45) is 4.99 Å². The van der Waals surface area contributed by atoms with Crippen molar-refractivity contribution in [1.29, 1.82) is 0 Å². The van der Waals surface area contributed by atoms with E-state index in [0.717, 1.165) is 38.1 Å². The quantitative estimate of drug-likeness (QED) is 0.0448. The predicted octanol–water partition coefficient (Wildman–Crippen LogP) is 18.4. The number of unbranched alkanes of at least 4 members (excludes halogenated alkanes) is 39. The van der Waals surface area contributed by atoms with Gasteiger partial charge >= 0.3 is 5.91 Å². The highest BCUT2D eigenvalue weighted by molar-refractivity contribution is 5.90. The van der Waals surface area contributed by atoms with Gasteiger partial charge in [-0.25, -0.2) is 9.79 Å². The van der Waals surface area contributed by atoms with Gasteiger partial charge in [0.1, 0.15) is 6.20 Å². The minimum atomic E-state index is 0.422. The Bertz CT molecular complexity index is 864. The molecule has 1 heterocycles. The van der Waals surface area contributed by atoms with Crippen molar-refractivity contribution in [3.05, 3.63) is 12.4 Å². The third kappa shape index (κ3) is 30.7. The average molecular weight is 770 g/mol. The molecule has 3 heteroatoms. The SMILES string of the molecule is CCCCCCCCCCCCCCCCCC1=NC=C[N+]1(CCCCCCCCCCCCCCCC)C(=O)CCCCCCCCCCCCCCC. The third-order valence-electron chi connectivity index (χ3n) is 12.8. The number of hydrogen-bond donors (Lipinski definition) is 0. The molecule has 1 atom stereocenters. The summed E-state index contributed by atoms with van der Waals surface area (Å²) < 4.78 is 0.453. The monoisotopic (exact) mass is 770 g/mol. The fourth-order valence-corrected chi connectivity index (χ4v) is 8.95. The first kappa shape index (κ1) is 52.1. The molecule has 0 N–H and O–H groups in total. The Kier molecular flexibility index (Phi) is 39.0. The number of nitrogens with zero attached hydrogens (tertiary/aromatic N) is 2. The van der Waals surface area contributed by atoms with E-state index in [1.807, 2.05) is 6.20 Å². The van der Waals surface area contributed by atoms with Crippen LogP contribution in [0.25, 0.3) is 0 Å². The number of amidine groups is 1. The molecule has 0 fully saturated rings. The normalized spacial score (nSPS) is 15.4. The Hall–Kier alpha value is -0.960. The topological polar surface area (TPSA) is 29.4 Å². The molecule has 324 valence electrons. The minimum absolute atomic E-state index is 0.422. The number of carbonyl (C=O) groups excluding carboxylic acids is 1. The van der Waals surface area contributed by atoms with Crippen LogP contribution in [0.2, 0.25) is 0 Å². The largest absolute Gasteiger partial charge is 0.324 e. The highest BCUT2D eigenvalue weighted by Gasteiger charge is 2.41. The predicted molar refractivity (Wildman–Crippen MR) is 247 cm³/mol. The van der Waals surface area contributed by atoms with Crippen LogP contribution in [0.3, 0.4) is 0 Å². The summed E-state index contributed by atoms with van der Waals surface area (Å²) in [7, 11) is 0. The molecule has 0 saturated heterocycles. The molecule has 0 aromatic carbocycles. The van der Waals surface area contributed by atoms with Gasteiger partial charge in [0.05, 0.1) is 19.2 Å². The first-order chi connectivity index (χ1) is 27.2. The standard InChI is InChI=1S/C52H101N2O/c1-4-7-10-13-16-19-22-25-27-29-31-34-37-40-43-46-51-53-48-50-54(51,49-45-42-39-36-33-30-26-23-20-17-14-11-8-5-2)52(55)47-44-41-38-35-32-28-24-21-18-15-12-9-6-3/h48,50H,4-47,49H2,1-3H3/q+1. The van der Waals surface area contributed by atoms with E-state index in [0.29, 0.717) is 10.4 Å². The zero-order chi connectivity index (χ0) is 39.6. The maximum atomic E-state index is 14.0. The lowest BCUT2D eigenvalue weighted by atomic mass is 10.0. The molecule has 1 aliphatic rings. The Morgan fingerprint density at radius 2 is 0.655 bits per heavy atom. The van der Waals surface area contributed by atoms with Crippen LogP contribution < -0.4 is 0 Å². The van der Waals surface area contributed by atoms with Gasteiger partial charge in [-0.3, -0.25) is 0 Å². The third-order valence-corrected chi connectivity index (χ3v) is 12.8. The molecule has 0 aromatic rings. The number of quaternary nitrogens is 1. The molecular formula is C52H101N2O+. The first-order valence-corrected chi connectivity index (χ1v) is 25.9. The molecule has 0 radical (unpaired) electrons. The smallest absolute Gasteiger partial charge is 0.230 e. The van der Waals surface area contributed by atoms with Crippen molar-refractivity contribution >= 4 is 11.7 Å². The molecule has 1 aliphatic heterocycles. The van der Waals surface area contributed by atoms with Crippen molar-refractivity contribution in [2.75, 3.05) is 6.54 Å². The van der Waals surface area contributed by atoms with Crippen LogP contribution >= 0.6 is 0 Å². The van der Waals surface area contributed by atoms with Gasteiger partial charge in [-0.15, -0.1) is 0 Å². The van der Waals surface area contributed by atoms with Crippen molar-refractivity contribution in [2.45, 2.75) is 303 Å². The second kappa shape index (κ2) is 41.2. The zero-order valence-electron chi connectivity index (χ0n) is 38.3. The molecule has 1 amide bonds. The fourth-order valence-electron chi connectivity index (χ4n) is 8.95. The van der Waals surface area contributed by atoms with Gasteiger partial charge in [0.2, 0.25) is 5.84 Å². The number of amides is 1. The van der Waals surface area contributed by atoms with Crippen LogP contribution in [0.4, 0.5) is 0 Å². The number of hydrogen-bond acceptors (Lipinski definition) is 2. The van der Waals surface area contributed by atoms with Crippen LogP contribution in [0.5, 0.6) is 0 Å². The Morgan fingerprint density at radius 1 is 0.382 bits per heavy atom. The highest BCUT2D eigenvalue weighted by atomic mass is 16.2. The van der Waals surface area contributed by atoms with Crippen LogP contribution in [0.15, 0.2) is 17.4 Å². The molecule has 1 rings (SSSR count). The van der Waals surface area contributed by atoms with E-state index in [4.69, 9.17) is 4.99 Å². The molecule has 0 bridgehead atoms. The van der Waals surface area contributed by atoms with Gasteiger partial charge in [0.25, 0.3) is 0 Å². The van der Waals surface area contributed by atoms with Gasteiger partial charge in [0, 0.05) is 6.42 Å². The van der Waals surface area contributed by atoms with Gasteiger partial charge < -0.3 is 0 Å². The van der Waals surface area contributed by atoms with Crippen LogP contribution in [-0.2, 0) is 4.79 Å². The van der Waals surface area contributed by atoms with Crippen LogP contribution in [0.1, 0.15) is 303 Å². The fraction of sp³-hybridized carbons (Fsp3) is 0.923. The maximum absolute atomic E-state index is 14.0. The summed E-state index contributed by atoms with van der Waals surface area (Å²) in [5.41, 5.74) is 0. The van der Waals surface area contributed by atoms with E-state index >= 15 is 0 Å². The molecule has 55 heavy (non-hydrogen) atoms. The Morgan fingerprint density at radius 3 is 0.982 bits per heavy atom. The van der Waals surface area contributed by atoms with E-state index in [1.54, 1.807) is 0 Å². The van der Waals surface area contributed by atoms with Crippen molar-refractivity contribution in [3.8, 4) is 0 Å². The Labute approximate surface area is 347 Å². The molecule has 0 aromatic heterocycles. The summed E-state index contributed by atoms with van der Waals surface area (Å²) in [6.07, 6.45) is 63.5. The molecule has 0 saturated carbocycles. The lowest BCUT2D eigenvalue weighted by Crippen LogP contribution is -2.52. The molecule has 3 nitrogen and oxygen atoms in total. The lowest BCUT2D eigenvalue weighted by Gasteiger charge is -2.30. The van der Waals surface area contributed by atoms with E-state index < -0.39 is 0 Å². The summed E-state index contributed by atoms with van der Waals surface area (Å²) in [6, 6.07) is 0. The van der Waals surface area contributed by atoms with Gasteiger partial charge in [-0.2, -0.15) is 4.48 Å². The van der Waals surface area contributed by atoms with Crippen LogP contribution in [0, 0.1) is 0 Å². The second-order valence-corrected chi connectivity index (χ2v) is 18.1. The van der Waals surface area contributed by atoms with Crippen molar-refractivity contribution in [3.63, 3.8) is 0 Å². The summed E-state index contributed by atoms with van der Waals surface area (Å²) in [4.78, 5) is 18.9. The molecule has 0 spiro atoms. The van der Waals surface area contributed by atoms with Crippen molar-refractivity contribution < 1.29 is 9.28 Å². The summed E-state index contributed by atoms with van der Waals surface area (Å²) in [5, 5.41) is 0. The molecular weight excluding hydrogens is 669 g/mol. The summed E-state index contributed by atoms with van der Waals surface area (Å²) >= 11 is 0. The van der Waals surface area contributed by atoms with E-state index in [1.165, 1.54) is 257 Å².